The van der Waals surface area contributed by atoms with E-state index in [1.165, 1.54) is 6.07 Å². The first kappa shape index (κ1) is 7.19. The molecule has 0 spiro atoms. The molecule has 0 N–H and O–H groups in total. The summed E-state index contributed by atoms with van der Waals surface area (Å²) in [5.74, 6) is -0.255. The van der Waals surface area contributed by atoms with Gasteiger partial charge < -0.3 is 0 Å². The van der Waals surface area contributed by atoms with Gasteiger partial charge in [-0.15, -0.1) is 0 Å². The van der Waals surface area contributed by atoms with Crippen LogP contribution >= 0.6 is 0 Å². The van der Waals surface area contributed by atoms with Gasteiger partial charge in [-0.2, -0.15) is 0 Å². The van der Waals surface area contributed by atoms with Gasteiger partial charge in [-0.1, -0.05) is 6.92 Å². The lowest BCUT2D eigenvalue weighted by Gasteiger charge is -1.97. The van der Waals surface area contributed by atoms with Gasteiger partial charge in [-0.3, -0.25) is 4.98 Å². The third kappa shape index (κ3) is 1.32. The molecule has 1 radical (unpaired) electrons. The van der Waals surface area contributed by atoms with Crippen LogP contribution in [-0.4, -0.2) is 4.98 Å². The molecule has 0 saturated heterocycles. The van der Waals surface area contributed by atoms with Gasteiger partial charge in [0.15, 0.2) is 0 Å². The third-order valence-electron chi connectivity index (χ3n) is 1.31. The van der Waals surface area contributed by atoms with E-state index < -0.39 is 0 Å². The largest absolute Gasteiger partial charge is 0.258 e. The maximum atomic E-state index is 12.7. The van der Waals surface area contributed by atoms with Crippen LogP contribution in [-0.2, 0) is 6.42 Å². The lowest BCUT2D eigenvalue weighted by atomic mass is 10.2. The third-order valence-corrected chi connectivity index (χ3v) is 1.31. The first-order valence-electron chi connectivity index (χ1n) is 3.20. The predicted molar refractivity (Wildman–Crippen MR) is 38.0 cm³/mol. The number of nitrogens with zero attached hydrogens (tertiary/aromatic N) is 1. The lowest BCUT2D eigenvalue weighted by Crippen LogP contribution is -1.92. The highest BCUT2D eigenvalue weighted by molar-refractivity contribution is 5.18. The Hall–Kier alpha value is -0.920. The molecular formula is C8H9FN. The van der Waals surface area contributed by atoms with Crippen LogP contribution in [0.25, 0.3) is 0 Å². The Bertz CT molecular complexity index is 233. The molecule has 0 unspecified atom stereocenters. The van der Waals surface area contributed by atoms with Crippen molar-refractivity contribution in [1.82, 2.24) is 4.98 Å². The summed E-state index contributed by atoms with van der Waals surface area (Å²) in [5, 5.41) is 0. The van der Waals surface area contributed by atoms with Crippen molar-refractivity contribution < 1.29 is 4.39 Å². The Morgan fingerprint density at radius 3 is 2.90 bits per heavy atom. The average molecular weight is 138 g/mol. The molecular weight excluding hydrogens is 129 g/mol. The molecule has 0 atom stereocenters. The molecule has 10 heavy (non-hydrogen) atoms. The number of aromatic nitrogens is 1. The standard InChI is InChI=1S/C8H9FN/c1-3-8-7(9)4-6(2)5-10-8/h4-5H,2-3H2,1H3. The van der Waals surface area contributed by atoms with Gasteiger partial charge >= 0.3 is 0 Å². The zero-order chi connectivity index (χ0) is 7.56. The monoisotopic (exact) mass is 138 g/mol. The molecule has 0 saturated carbocycles. The number of hydrogen-bond donors (Lipinski definition) is 0. The molecule has 2 heteroatoms. The number of pyridine rings is 1. The molecule has 1 aromatic heterocycles. The maximum absolute atomic E-state index is 12.7. The van der Waals surface area contributed by atoms with Crippen LogP contribution in [0, 0.1) is 12.7 Å². The van der Waals surface area contributed by atoms with Crippen LogP contribution in [0.1, 0.15) is 18.2 Å². The fourth-order valence-corrected chi connectivity index (χ4v) is 0.766. The van der Waals surface area contributed by atoms with Gasteiger partial charge in [-0.25, -0.2) is 4.39 Å². The molecule has 0 aliphatic carbocycles. The summed E-state index contributed by atoms with van der Waals surface area (Å²) in [6, 6.07) is 1.39. The van der Waals surface area contributed by atoms with Crippen molar-refractivity contribution >= 4 is 0 Å². The Balaban J connectivity index is 3.07. The molecule has 0 aromatic carbocycles. The van der Waals surface area contributed by atoms with E-state index in [0.29, 0.717) is 17.7 Å². The summed E-state index contributed by atoms with van der Waals surface area (Å²) in [5.41, 5.74) is 1.13. The topological polar surface area (TPSA) is 12.9 Å². The van der Waals surface area contributed by atoms with E-state index in [0.717, 1.165) is 0 Å². The summed E-state index contributed by atoms with van der Waals surface area (Å²) in [6.07, 6.45) is 2.20. The highest BCUT2D eigenvalue weighted by Gasteiger charge is 1.99. The minimum atomic E-state index is -0.255. The van der Waals surface area contributed by atoms with Gasteiger partial charge in [0.2, 0.25) is 0 Å². The van der Waals surface area contributed by atoms with E-state index in [1.54, 1.807) is 6.20 Å². The predicted octanol–water partition coefficient (Wildman–Crippen LogP) is 1.97. The summed E-state index contributed by atoms with van der Waals surface area (Å²) in [7, 11) is 0. The Labute approximate surface area is 59.9 Å². The Kier molecular flexibility index (Phi) is 2.00. The number of rotatable bonds is 1. The molecule has 0 aliphatic rings. The van der Waals surface area contributed by atoms with Crippen LogP contribution in [0.2, 0.25) is 0 Å². The van der Waals surface area contributed by atoms with Crippen molar-refractivity contribution in [3.05, 3.63) is 36.3 Å². The molecule has 1 heterocycles. The molecule has 53 valence electrons. The smallest absolute Gasteiger partial charge is 0.144 e. The molecule has 0 bridgehead atoms. The molecule has 1 aromatic rings. The van der Waals surface area contributed by atoms with Gasteiger partial charge in [-0.05, 0) is 25.0 Å². The first-order valence-corrected chi connectivity index (χ1v) is 3.20. The fourth-order valence-electron chi connectivity index (χ4n) is 0.766. The van der Waals surface area contributed by atoms with Crippen molar-refractivity contribution in [1.29, 1.82) is 0 Å². The average Bonchev–Trinajstić information content (AvgIpc) is 1.88. The normalized spacial score (nSPS) is 9.90. The van der Waals surface area contributed by atoms with E-state index >= 15 is 0 Å². The minimum absolute atomic E-state index is 0.255. The summed E-state index contributed by atoms with van der Waals surface area (Å²) < 4.78 is 12.7. The van der Waals surface area contributed by atoms with Crippen LogP contribution in [0.5, 0.6) is 0 Å². The van der Waals surface area contributed by atoms with E-state index in [2.05, 4.69) is 11.9 Å². The van der Waals surface area contributed by atoms with E-state index in [9.17, 15) is 4.39 Å². The van der Waals surface area contributed by atoms with E-state index in [-0.39, 0.29) is 5.82 Å². The molecule has 1 rings (SSSR count). The van der Waals surface area contributed by atoms with Gasteiger partial charge in [0.1, 0.15) is 5.82 Å². The second-order valence-corrected chi connectivity index (χ2v) is 2.13. The summed E-state index contributed by atoms with van der Waals surface area (Å²) >= 11 is 0. The van der Waals surface area contributed by atoms with Crippen LogP contribution in [0.3, 0.4) is 0 Å². The number of aryl methyl sites for hydroxylation is 1. The maximum Gasteiger partial charge on any atom is 0.144 e. The van der Waals surface area contributed by atoms with E-state index in [4.69, 9.17) is 0 Å². The molecule has 0 fully saturated rings. The van der Waals surface area contributed by atoms with Crippen LogP contribution in [0.4, 0.5) is 4.39 Å². The zero-order valence-electron chi connectivity index (χ0n) is 5.89. The SMILES string of the molecule is [CH2]c1cnc(CC)c(F)c1. The molecule has 0 aliphatic heterocycles. The molecule has 1 nitrogen and oxygen atoms in total. The summed E-state index contributed by atoms with van der Waals surface area (Å²) in [6.45, 7) is 5.42. The quantitative estimate of drug-likeness (QED) is 0.578. The number of halogens is 1. The van der Waals surface area contributed by atoms with E-state index in [1.807, 2.05) is 6.92 Å². The zero-order valence-corrected chi connectivity index (χ0v) is 5.89. The van der Waals surface area contributed by atoms with Crippen molar-refractivity contribution in [2.45, 2.75) is 13.3 Å². The van der Waals surface area contributed by atoms with Crippen molar-refractivity contribution in [3.8, 4) is 0 Å². The van der Waals surface area contributed by atoms with Crippen molar-refractivity contribution in [3.63, 3.8) is 0 Å². The van der Waals surface area contributed by atoms with Crippen molar-refractivity contribution in [2.75, 3.05) is 0 Å². The first-order chi connectivity index (χ1) is 4.74. The van der Waals surface area contributed by atoms with Crippen LogP contribution in [0.15, 0.2) is 12.3 Å². The van der Waals surface area contributed by atoms with Crippen molar-refractivity contribution in [2.24, 2.45) is 0 Å². The van der Waals surface area contributed by atoms with Gasteiger partial charge in [0.05, 0.1) is 5.69 Å². The van der Waals surface area contributed by atoms with Crippen LogP contribution < -0.4 is 0 Å². The van der Waals surface area contributed by atoms with Gasteiger partial charge in [0, 0.05) is 6.20 Å². The Morgan fingerprint density at radius 2 is 2.40 bits per heavy atom. The highest BCUT2D eigenvalue weighted by atomic mass is 19.1. The number of hydrogen-bond acceptors (Lipinski definition) is 1. The minimum Gasteiger partial charge on any atom is -0.258 e. The van der Waals surface area contributed by atoms with Gasteiger partial charge in [0.25, 0.3) is 0 Å². The second-order valence-electron chi connectivity index (χ2n) is 2.13. The lowest BCUT2D eigenvalue weighted by molar-refractivity contribution is 0.601. The second kappa shape index (κ2) is 2.78. The molecule has 0 amide bonds. The highest BCUT2D eigenvalue weighted by Crippen LogP contribution is 2.05. The fraction of sp³-hybridized carbons (Fsp3) is 0.250. The Morgan fingerprint density at radius 1 is 1.70 bits per heavy atom. The summed E-state index contributed by atoms with van der Waals surface area (Å²) in [4.78, 5) is 3.86.